The minimum absolute atomic E-state index is 0.936. The number of hydrogen-bond donors (Lipinski definition) is 1. The first-order valence-electron chi connectivity index (χ1n) is 17.4. The Kier molecular flexibility index (Phi) is 13.0. The molecule has 4 saturated carbocycles. The van der Waals surface area contributed by atoms with Gasteiger partial charge in [-0.05, 0) is 125 Å². The summed E-state index contributed by atoms with van der Waals surface area (Å²) in [6, 6.07) is 0. The second-order valence-corrected chi connectivity index (χ2v) is 14.4. The summed E-state index contributed by atoms with van der Waals surface area (Å²) in [5, 5.41) is 3.64. The van der Waals surface area contributed by atoms with E-state index in [9.17, 15) is 0 Å². The van der Waals surface area contributed by atoms with Crippen molar-refractivity contribution in [3.63, 3.8) is 0 Å². The molecule has 4 aliphatic carbocycles. The third-order valence-corrected chi connectivity index (χ3v) is 12.2. The molecule has 0 bridgehead atoms. The predicted octanol–water partition coefficient (Wildman–Crippen LogP) is 10.6. The molecule has 4 aliphatic rings. The normalized spacial score (nSPS) is 40.2. The van der Waals surface area contributed by atoms with Crippen LogP contribution in [-0.4, -0.2) is 13.6 Å². The van der Waals surface area contributed by atoms with E-state index >= 15 is 0 Å². The second-order valence-electron chi connectivity index (χ2n) is 14.4. The van der Waals surface area contributed by atoms with Gasteiger partial charge in [0, 0.05) is 0 Å². The smallest absolute Gasteiger partial charge is 0.00209 e. The van der Waals surface area contributed by atoms with Crippen LogP contribution in [0.4, 0.5) is 0 Å². The van der Waals surface area contributed by atoms with Gasteiger partial charge in [0.05, 0.1) is 0 Å². The highest BCUT2D eigenvalue weighted by Crippen LogP contribution is 2.45. The number of hydrogen-bond acceptors (Lipinski definition) is 1. The van der Waals surface area contributed by atoms with Crippen molar-refractivity contribution in [3.05, 3.63) is 0 Å². The number of nitrogens with one attached hydrogen (secondary N) is 1. The van der Waals surface area contributed by atoms with E-state index in [2.05, 4.69) is 19.3 Å². The Bertz CT molecular complexity index is 571. The first kappa shape index (κ1) is 29.0. The van der Waals surface area contributed by atoms with Crippen LogP contribution in [0.3, 0.4) is 0 Å². The van der Waals surface area contributed by atoms with E-state index in [-0.39, 0.29) is 0 Å². The molecule has 1 N–H and O–H groups in total. The van der Waals surface area contributed by atoms with Crippen molar-refractivity contribution >= 4 is 0 Å². The fourth-order valence-corrected chi connectivity index (χ4v) is 9.68. The molecule has 0 heterocycles. The van der Waals surface area contributed by atoms with E-state index in [1.165, 1.54) is 103 Å². The highest BCUT2D eigenvalue weighted by Gasteiger charge is 2.34. The molecule has 210 valence electrons. The van der Waals surface area contributed by atoms with Crippen LogP contribution in [0.5, 0.6) is 0 Å². The first-order chi connectivity index (χ1) is 17.7. The van der Waals surface area contributed by atoms with E-state index in [1.807, 2.05) is 0 Å². The Morgan fingerprint density at radius 1 is 0.417 bits per heavy atom. The van der Waals surface area contributed by atoms with Gasteiger partial charge in [0.1, 0.15) is 0 Å². The van der Waals surface area contributed by atoms with Crippen molar-refractivity contribution in [1.29, 1.82) is 0 Å². The van der Waals surface area contributed by atoms with Gasteiger partial charge in [0.15, 0.2) is 0 Å². The molecule has 1 nitrogen and oxygen atoms in total. The maximum atomic E-state index is 3.64. The lowest BCUT2D eigenvalue weighted by atomic mass is 9.66. The van der Waals surface area contributed by atoms with E-state index in [4.69, 9.17) is 0 Å². The Labute approximate surface area is 227 Å². The molecule has 0 saturated heterocycles. The molecule has 0 aliphatic heterocycles. The molecule has 36 heavy (non-hydrogen) atoms. The van der Waals surface area contributed by atoms with Crippen molar-refractivity contribution in [2.45, 2.75) is 161 Å². The van der Waals surface area contributed by atoms with Gasteiger partial charge in [-0.2, -0.15) is 0 Å². The Hall–Kier alpha value is -0.0400. The second kappa shape index (κ2) is 16.2. The van der Waals surface area contributed by atoms with Crippen LogP contribution < -0.4 is 5.32 Å². The maximum absolute atomic E-state index is 3.64. The van der Waals surface area contributed by atoms with Crippen LogP contribution in [0.15, 0.2) is 0 Å². The molecule has 0 aromatic carbocycles. The van der Waals surface area contributed by atoms with Crippen molar-refractivity contribution in [3.8, 4) is 0 Å². The minimum Gasteiger partial charge on any atom is -0.319 e. The van der Waals surface area contributed by atoms with Crippen LogP contribution >= 0.6 is 0 Å². The number of rotatable bonds is 5. The summed E-state index contributed by atoms with van der Waals surface area (Å²) in [5.74, 6) is 8.16. The van der Waals surface area contributed by atoms with Gasteiger partial charge in [-0.1, -0.05) is 96.8 Å². The molecular weight excluding hydrogens is 434 g/mol. The molecule has 0 spiro atoms. The Balaban J connectivity index is 1.35. The molecule has 0 amide bonds. The topological polar surface area (TPSA) is 12.0 Å². The SMILES string of the molecule is CNCC1CCC2CCC3CCCCCCCC3CCC2CCC1CCC1CCCCCCCC1C. The van der Waals surface area contributed by atoms with E-state index in [1.54, 1.807) is 57.8 Å². The van der Waals surface area contributed by atoms with Crippen molar-refractivity contribution < 1.29 is 0 Å². The average Bonchev–Trinajstić information content (AvgIpc) is 3.04. The lowest BCUT2D eigenvalue weighted by Gasteiger charge is -2.40. The Morgan fingerprint density at radius 3 is 1.42 bits per heavy atom. The van der Waals surface area contributed by atoms with Gasteiger partial charge in [-0.25, -0.2) is 0 Å². The maximum Gasteiger partial charge on any atom is -0.00209 e. The van der Waals surface area contributed by atoms with Gasteiger partial charge in [-0.15, -0.1) is 0 Å². The lowest BCUT2D eigenvalue weighted by Crippen LogP contribution is -2.32. The van der Waals surface area contributed by atoms with Crippen LogP contribution in [0.25, 0.3) is 0 Å². The van der Waals surface area contributed by atoms with Crippen molar-refractivity contribution in [2.75, 3.05) is 13.6 Å². The largest absolute Gasteiger partial charge is 0.319 e. The van der Waals surface area contributed by atoms with Gasteiger partial charge >= 0.3 is 0 Å². The fourth-order valence-electron chi connectivity index (χ4n) is 9.68. The summed E-state index contributed by atoms with van der Waals surface area (Å²) in [4.78, 5) is 0. The third-order valence-electron chi connectivity index (χ3n) is 12.2. The molecule has 0 aromatic heterocycles. The highest BCUT2D eigenvalue weighted by atomic mass is 14.8. The average molecular weight is 500 g/mol. The van der Waals surface area contributed by atoms with Gasteiger partial charge < -0.3 is 5.32 Å². The van der Waals surface area contributed by atoms with Gasteiger partial charge in [-0.3, -0.25) is 0 Å². The zero-order valence-corrected chi connectivity index (χ0v) is 24.8. The minimum atomic E-state index is 0.936. The quantitative estimate of drug-likeness (QED) is 0.396. The molecule has 4 rings (SSSR count). The number of fused-ring (bicyclic) bond motifs is 2. The fraction of sp³-hybridized carbons (Fsp3) is 1.00. The van der Waals surface area contributed by atoms with E-state index in [0.717, 1.165) is 47.3 Å². The van der Waals surface area contributed by atoms with Gasteiger partial charge in [0.2, 0.25) is 0 Å². The first-order valence-corrected chi connectivity index (χ1v) is 17.4. The molecule has 1 heteroatoms. The summed E-state index contributed by atoms with van der Waals surface area (Å²) in [7, 11) is 2.21. The molecule has 0 radical (unpaired) electrons. The standard InChI is InChI=1S/C35H65N/c1-28-13-9-5-3-6-10-14-29(28)17-18-34-24-23-32-21-19-30-15-11-7-4-8-12-16-31(30)20-22-33(32)25-26-35(34)27-36-2/h28-36H,3-27H2,1-2H3. The summed E-state index contributed by atoms with van der Waals surface area (Å²) in [6.45, 7) is 3.87. The third kappa shape index (κ3) is 9.02. The summed E-state index contributed by atoms with van der Waals surface area (Å²) in [6.07, 6.45) is 36.8. The van der Waals surface area contributed by atoms with Gasteiger partial charge in [0.25, 0.3) is 0 Å². The molecule has 8 unspecified atom stereocenters. The zero-order chi connectivity index (χ0) is 25.0. The summed E-state index contributed by atoms with van der Waals surface area (Å²) < 4.78 is 0. The molecule has 0 aromatic rings. The zero-order valence-electron chi connectivity index (χ0n) is 24.8. The van der Waals surface area contributed by atoms with Crippen LogP contribution in [0, 0.1) is 47.3 Å². The van der Waals surface area contributed by atoms with Crippen LogP contribution in [0.2, 0.25) is 0 Å². The van der Waals surface area contributed by atoms with Crippen LogP contribution in [0.1, 0.15) is 161 Å². The molecule has 8 atom stereocenters. The molecular formula is C35H65N. The molecule has 4 fully saturated rings. The lowest BCUT2D eigenvalue weighted by molar-refractivity contribution is 0.110. The van der Waals surface area contributed by atoms with Crippen LogP contribution in [-0.2, 0) is 0 Å². The monoisotopic (exact) mass is 500 g/mol. The summed E-state index contributed by atoms with van der Waals surface area (Å²) in [5.41, 5.74) is 0. The van der Waals surface area contributed by atoms with Crippen molar-refractivity contribution in [1.82, 2.24) is 5.32 Å². The predicted molar refractivity (Wildman–Crippen MR) is 158 cm³/mol. The van der Waals surface area contributed by atoms with E-state index < -0.39 is 0 Å². The Morgan fingerprint density at radius 2 is 0.833 bits per heavy atom. The van der Waals surface area contributed by atoms with E-state index in [0.29, 0.717) is 0 Å². The highest BCUT2D eigenvalue weighted by molar-refractivity contribution is 4.86. The summed E-state index contributed by atoms with van der Waals surface area (Å²) >= 11 is 0. The van der Waals surface area contributed by atoms with Crippen molar-refractivity contribution in [2.24, 2.45) is 47.3 Å².